The molecule has 2 aliphatic heterocycles. The van der Waals surface area contributed by atoms with Crippen LogP contribution in [-0.4, -0.2) is 69.0 Å². The van der Waals surface area contributed by atoms with Crippen LogP contribution in [0.15, 0.2) is 59.4 Å². The first-order valence-corrected chi connectivity index (χ1v) is 17.0. The Hall–Kier alpha value is -4.18. The molecule has 2 aromatic heterocycles. The van der Waals surface area contributed by atoms with E-state index in [2.05, 4.69) is 23.7 Å². The third-order valence-corrected chi connectivity index (χ3v) is 9.94. The van der Waals surface area contributed by atoms with Gasteiger partial charge in [0.25, 0.3) is 5.56 Å². The summed E-state index contributed by atoms with van der Waals surface area (Å²) in [5.41, 5.74) is 2.88. The second-order valence-electron chi connectivity index (χ2n) is 15.2. The Morgan fingerprint density at radius 1 is 1.04 bits per heavy atom. The number of carbonyl (C=O) groups is 1. The molecule has 10 heteroatoms. The fourth-order valence-corrected chi connectivity index (χ4v) is 7.25. The molecule has 2 aliphatic rings. The first-order chi connectivity index (χ1) is 22.8. The molecule has 0 radical (unpaired) electrons. The van der Waals surface area contributed by atoms with E-state index in [0.717, 1.165) is 55.5 Å². The number of nitrogens with zero attached hydrogens (tertiary/aromatic N) is 4. The number of pyridine rings is 1. The number of H-pyrrole nitrogens is 1. The van der Waals surface area contributed by atoms with Crippen molar-refractivity contribution in [3.05, 3.63) is 81.9 Å². The van der Waals surface area contributed by atoms with Crippen LogP contribution in [0.25, 0.3) is 22.2 Å². The molecule has 2 fully saturated rings. The van der Waals surface area contributed by atoms with Crippen molar-refractivity contribution in [3.8, 4) is 17.1 Å². The van der Waals surface area contributed by atoms with Gasteiger partial charge in [-0.2, -0.15) is 5.10 Å². The van der Waals surface area contributed by atoms with Crippen LogP contribution in [0.1, 0.15) is 70.9 Å². The topological polar surface area (TPSA) is 92.7 Å². The Morgan fingerprint density at radius 3 is 2.46 bits per heavy atom. The molecule has 256 valence electrons. The highest BCUT2D eigenvalue weighted by Crippen LogP contribution is 2.40. The number of aryl methyl sites for hydroxylation is 1. The lowest BCUT2D eigenvalue weighted by atomic mass is 9.73. The molecule has 1 N–H and O–H groups in total. The minimum atomic E-state index is -0.504. The molecule has 0 spiro atoms. The number of piperidine rings is 2. The van der Waals surface area contributed by atoms with E-state index in [9.17, 15) is 9.59 Å². The highest BCUT2D eigenvalue weighted by atomic mass is 19.1. The minimum absolute atomic E-state index is 0.0292. The predicted molar refractivity (Wildman–Crippen MR) is 186 cm³/mol. The van der Waals surface area contributed by atoms with Gasteiger partial charge in [0.05, 0.1) is 11.1 Å². The van der Waals surface area contributed by atoms with Gasteiger partial charge in [0.1, 0.15) is 23.7 Å². The van der Waals surface area contributed by atoms with Gasteiger partial charge in [-0.25, -0.2) is 9.18 Å². The lowest BCUT2D eigenvalue weighted by molar-refractivity contribution is -0.0113. The van der Waals surface area contributed by atoms with Gasteiger partial charge in [-0.05, 0) is 99.7 Å². The van der Waals surface area contributed by atoms with Crippen LogP contribution in [0.3, 0.4) is 0 Å². The number of aromatic amines is 1. The third kappa shape index (κ3) is 7.43. The number of benzene rings is 2. The number of ether oxygens (including phenoxy) is 2. The summed E-state index contributed by atoms with van der Waals surface area (Å²) in [5, 5.41) is 5.44. The largest absolute Gasteiger partial charge is 0.474 e. The van der Waals surface area contributed by atoms with Gasteiger partial charge >= 0.3 is 6.09 Å². The molecule has 0 aliphatic carbocycles. The van der Waals surface area contributed by atoms with Crippen molar-refractivity contribution in [1.82, 2.24) is 24.6 Å². The molecule has 0 bridgehead atoms. The number of halogens is 1. The number of amides is 1. The van der Waals surface area contributed by atoms with Gasteiger partial charge in [0.15, 0.2) is 0 Å². The minimum Gasteiger partial charge on any atom is -0.474 e. The predicted octanol–water partition coefficient (Wildman–Crippen LogP) is 7.11. The van der Waals surface area contributed by atoms with Gasteiger partial charge in [-0.3, -0.25) is 14.5 Å². The van der Waals surface area contributed by atoms with Crippen molar-refractivity contribution in [1.29, 1.82) is 0 Å². The lowest BCUT2D eigenvalue weighted by Crippen LogP contribution is -2.52. The van der Waals surface area contributed by atoms with Crippen molar-refractivity contribution in [2.24, 2.45) is 18.4 Å². The van der Waals surface area contributed by atoms with Crippen molar-refractivity contribution in [2.45, 2.75) is 72.0 Å². The third-order valence-electron chi connectivity index (χ3n) is 9.94. The van der Waals surface area contributed by atoms with E-state index in [1.54, 1.807) is 16.8 Å². The van der Waals surface area contributed by atoms with Crippen LogP contribution in [-0.2, 0) is 18.4 Å². The number of nitrogens with one attached hydrogen (secondary N) is 1. The fourth-order valence-electron chi connectivity index (χ4n) is 7.25. The first-order valence-electron chi connectivity index (χ1n) is 17.0. The zero-order valence-electron chi connectivity index (χ0n) is 29.0. The molecule has 1 unspecified atom stereocenters. The maximum absolute atomic E-state index is 15.9. The van der Waals surface area contributed by atoms with Crippen molar-refractivity contribution in [2.75, 3.05) is 32.7 Å². The van der Waals surface area contributed by atoms with Crippen molar-refractivity contribution in [3.63, 3.8) is 0 Å². The summed E-state index contributed by atoms with van der Waals surface area (Å²) in [7, 11) is 1.86. The number of hydrogen-bond acceptors (Lipinski definition) is 6. The molecule has 48 heavy (non-hydrogen) atoms. The smallest absolute Gasteiger partial charge is 0.410 e. The van der Waals surface area contributed by atoms with Crippen LogP contribution in [0, 0.1) is 17.2 Å². The van der Waals surface area contributed by atoms with E-state index in [1.807, 2.05) is 69.1 Å². The highest BCUT2D eigenvalue weighted by Gasteiger charge is 2.40. The number of fused-ring (bicyclic) bond motifs is 1. The van der Waals surface area contributed by atoms with Crippen LogP contribution in [0.5, 0.6) is 5.88 Å². The molecule has 1 amide bonds. The number of rotatable bonds is 7. The highest BCUT2D eigenvalue weighted by molar-refractivity contribution is 5.95. The van der Waals surface area contributed by atoms with E-state index in [4.69, 9.17) is 14.6 Å². The average Bonchev–Trinajstić information content (AvgIpc) is 3.35. The number of likely N-dealkylation sites (tertiary alicyclic amines) is 2. The van der Waals surface area contributed by atoms with Crippen molar-refractivity contribution >= 4 is 17.0 Å². The molecule has 6 rings (SSSR count). The van der Waals surface area contributed by atoms with Gasteiger partial charge in [-0.1, -0.05) is 44.2 Å². The molecule has 9 nitrogen and oxygen atoms in total. The van der Waals surface area contributed by atoms with E-state index in [-0.39, 0.29) is 35.4 Å². The maximum atomic E-state index is 15.9. The molecule has 4 heterocycles. The maximum Gasteiger partial charge on any atom is 0.410 e. The molecular weight excluding hydrogens is 609 g/mol. The molecule has 0 saturated carbocycles. The molecule has 1 atom stereocenters. The van der Waals surface area contributed by atoms with Crippen LogP contribution < -0.4 is 10.3 Å². The second-order valence-corrected chi connectivity index (χ2v) is 15.2. The van der Waals surface area contributed by atoms with E-state index in [1.165, 1.54) is 6.07 Å². The Bertz CT molecular complexity index is 1820. The number of aromatic nitrogens is 3. The molecule has 2 aromatic carbocycles. The lowest BCUT2D eigenvalue weighted by Gasteiger charge is -2.46. The normalized spacial score (nSPS) is 19.1. The van der Waals surface area contributed by atoms with Gasteiger partial charge in [0, 0.05) is 38.1 Å². The Labute approximate surface area is 282 Å². The average molecular weight is 658 g/mol. The number of carbonyl (C=O) groups excluding carboxylic acids is 1. The van der Waals surface area contributed by atoms with Gasteiger partial charge in [0.2, 0.25) is 5.88 Å². The SMILES string of the molecule is Cn1nc(-c2ccc(=O)[nH]c2OCc2ccccc2)c2cc(F)c(C3CCN(CC4CCN(C(=O)OC(C)(C)C)CC4(C)C)CC3)cc21. The molecule has 2 saturated heterocycles. The van der Waals surface area contributed by atoms with Gasteiger partial charge in [-0.15, -0.1) is 0 Å². The van der Waals surface area contributed by atoms with E-state index < -0.39 is 5.60 Å². The number of hydrogen-bond donors (Lipinski definition) is 1. The summed E-state index contributed by atoms with van der Waals surface area (Å²) >= 11 is 0. The van der Waals surface area contributed by atoms with E-state index >= 15 is 4.39 Å². The summed E-state index contributed by atoms with van der Waals surface area (Å²) in [6.07, 6.45) is 2.46. The zero-order valence-corrected chi connectivity index (χ0v) is 29.0. The second kappa shape index (κ2) is 13.4. The summed E-state index contributed by atoms with van der Waals surface area (Å²) in [4.78, 5) is 32.1. The summed E-state index contributed by atoms with van der Waals surface area (Å²) in [6, 6.07) is 16.4. The van der Waals surface area contributed by atoms with Crippen molar-refractivity contribution < 1.29 is 18.7 Å². The summed E-state index contributed by atoms with van der Waals surface area (Å²) in [5.74, 6) is 0.649. The summed E-state index contributed by atoms with van der Waals surface area (Å²) < 4.78 is 29.4. The van der Waals surface area contributed by atoms with E-state index in [0.29, 0.717) is 41.5 Å². The quantitative estimate of drug-likeness (QED) is 0.228. The van der Waals surface area contributed by atoms with Gasteiger partial charge < -0.3 is 19.3 Å². The Balaban J connectivity index is 1.13. The molecule has 4 aromatic rings. The zero-order chi connectivity index (χ0) is 34.2. The standard InChI is InChI=1S/C38H48FN5O4/c1-37(2,3)48-36(46)44-19-16-27(38(4,5)24-44)22-43-17-14-26(15-18-43)29-21-32-30(20-31(29)39)34(41-42(32)6)28-12-13-33(45)40-35(28)47-23-25-10-8-7-9-11-25/h7-13,20-21,26-27H,14-19,22-24H2,1-6H3,(H,40,45). The Morgan fingerprint density at radius 2 is 1.77 bits per heavy atom. The van der Waals surface area contributed by atoms with Crippen LogP contribution in [0.2, 0.25) is 0 Å². The van der Waals surface area contributed by atoms with Crippen LogP contribution >= 0.6 is 0 Å². The molecular formula is C38H48FN5O4. The Kier molecular flexibility index (Phi) is 9.40. The monoisotopic (exact) mass is 657 g/mol. The first kappa shape index (κ1) is 33.7. The van der Waals surface area contributed by atoms with Crippen LogP contribution in [0.4, 0.5) is 9.18 Å². The summed E-state index contributed by atoms with van der Waals surface area (Å²) in [6.45, 7) is 14.6. The fraction of sp³-hybridized carbons (Fsp3) is 0.500.